The van der Waals surface area contributed by atoms with Crippen LogP contribution in [0.3, 0.4) is 0 Å². The molecule has 2 rings (SSSR count). The Balaban J connectivity index is 2.01. The molecule has 19 heavy (non-hydrogen) atoms. The highest BCUT2D eigenvalue weighted by Gasteiger charge is 2.37. The number of carbonyl (C=O) groups is 2. The summed E-state index contributed by atoms with van der Waals surface area (Å²) >= 11 is 0. The summed E-state index contributed by atoms with van der Waals surface area (Å²) in [5.41, 5.74) is 5.84. The third kappa shape index (κ3) is 2.91. The molecule has 0 aromatic heterocycles. The highest BCUT2D eigenvalue weighted by Crippen LogP contribution is 2.27. The first kappa shape index (κ1) is 14.3. The molecular weight excluding hydrogens is 242 g/mol. The van der Waals surface area contributed by atoms with E-state index in [2.05, 4.69) is 6.92 Å². The summed E-state index contributed by atoms with van der Waals surface area (Å²) in [5, 5.41) is 0. The number of carbonyl (C=O) groups excluding carboxylic acids is 2. The van der Waals surface area contributed by atoms with Crippen LogP contribution in [-0.2, 0) is 9.59 Å². The summed E-state index contributed by atoms with van der Waals surface area (Å²) in [4.78, 5) is 27.7. The van der Waals surface area contributed by atoms with E-state index in [-0.39, 0.29) is 23.8 Å². The summed E-state index contributed by atoms with van der Waals surface area (Å²) in [6.07, 6.45) is 3.00. The fourth-order valence-electron chi connectivity index (χ4n) is 3.36. The number of piperidine rings is 1. The van der Waals surface area contributed by atoms with E-state index < -0.39 is 0 Å². The molecule has 0 unspecified atom stereocenters. The molecule has 0 aromatic rings. The molecule has 0 radical (unpaired) electrons. The zero-order valence-electron chi connectivity index (χ0n) is 12.0. The average molecular weight is 267 g/mol. The zero-order chi connectivity index (χ0) is 14.0. The molecule has 108 valence electrons. The average Bonchev–Trinajstić information content (AvgIpc) is 2.87. The summed E-state index contributed by atoms with van der Waals surface area (Å²) < 4.78 is 0. The first-order valence-corrected chi connectivity index (χ1v) is 7.30. The Hall–Kier alpha value is -1.10. The molecule has 2 aliphatic rings. The number of hydrogen-bond acceptors (Lipinski definition) is 3. The molecule has 5 nitrogen and oxygen atoms in total. The monoisotopic (exact) mass is 267 g/mol. The molecule has 0 aliphatic carbocycles. The van der Waals surface area contributed by atoms with Crippen molar-refractivity contribution in [3.05, 3.63) is 0 Å². The molecule has 0 spiro atoms. The van der Waals surface area contributed by atoms with Gasteiger partial charge in [0, 0.05) is 39.1 Å². The topological polar surface area (TPSA) is 66.6 Å². The van der Waals surface area contributed by atoms with Crippen molar-refractivity contribution in [3.8, 4) is 0 Å². The van der Waals surface area contributed by atoms with Crippen LogP contribution in [0.4, 0.5) is 0 Å². The van der Waals surface area contributed by atoms with Gasteiger partial charge >= 0.3 is 0 Å². The largest absolute Gasteiger partial charge is 0.342 e. The van der Waals surface area contributed by atoms with Crippen molar-refractivity contribution in [1.29, 1.82) is 0 Å². The third-order valence-electron chi connectivity index (χ3n) is 4.62. The summed E-state index contributed by atoms with van der Waals surface area (Å²) in [7, 11) is 0. The van der Waals surface area contributed by atoms with Crippen molar-refractivity contribution < 1.29 is 9.59 Å². The van der Waals surface area contributed by atoms with Gasteiger partial charge in [0.25, 0.3) is 0 Å². The molecule has 0 saturated carbocycles. The van der Waals surface area contributed by atoms with Crippen molar-refractivity contribution in [2.45, 2.75) is 39.2 Å². The lowest BCUT2D eigenvalue weighted by Crippen LogP contribution is -2.53. The molecular formula is C14H25N3O2. The molecule has 2 aliphatic heterocycles. The number of amides is 2. The molecule has 0 bridgehead atoms. The van der Waals surface area contributed by atoms with Gasteiger partial charge in [-0.25, -0.2) is 0 Å². The fourth-order valence-corrected chi connectivity index (χ4v) is 3.36. The van der Waals surface area contributed by atoms with E-state index in [1.54, 1.807) is 11.8 Å². The van der Waals surface area contributed by atoms with Gasteiger partial charge in [0.15, 0.2) is 0 Å². The second-order valence-electron chi connectivity index (χ2n) is 5.90. The van der Waals surface area contributed by atoms with Gasteiger partial charge in [-0.15, -0.1) is 0 Å². The van der Waals surface area contributed by atoms with Crippen LogP contribution in [0.15, 0.2) is 0 Å². The molecule has 0 aromatic carbocycles. The molecule has 2 fully saturated rings. The van der Waals surface area contributed by atoms with E-state index in [4.69, 9.17) is 5.73 Å². The second kappa shape index (κ2) is 5.90. The fraction of sp³-hybridized carbons (Fsp3) is 0.857. The predicted octanol–water partition coefficient (Wildman–Crippen LogP) is 0.441. The van der Waals surface area contributed by atoms with Gasteiger partial charge in [-0.1, -0.05) is 6.92 Å². The summed E-state index contributed by atoms with van der Waals surface area (Å²) in [6.45, 7) is 6.39. The van der Waals surface area contributed by atoms with Gasteiger partial charge in [-0.2, -0.15) is 0 Å². The maximum Gasteiger partial charge on any atom is 0.227 e. The lowest BCUT2D eigenvalue weighted by Gasteiger charge is -2.40. The molecule has 5 heteroatoms. The highest BCUT2D eigenvalue weighted by atomic mass is 16.2. The number of likely N-dealkylation sites (tertiary alicyclic amines) is 2. The minimum Gasteiger partial charge on any atom is -0.342 e. The van der Waals surface area contributed by atoms with Gasteiger partial charge in [0.2, 0.25) is 11.8 Å². The van der Waals surface area contributed by atoms with Crippen LogP contribution in [0.5, 0.6) is 0 Å². The SMILES string of the molecule is CC(=O)N1CC[C@H](C(=O)N2CCC[C@@H](C)[C@@H]2CN)C1. The lowest BCUT2D eigenvalue weighted by molar-refractivity contribution is -0.140. The van der Waals surface area contributed by atoms with Crippen molar-refractivity contribution >= 4 is 11.8 Å². The second-order valence-corrected chi connectivity index (χ2v) is 5.90. The van der Waals surface area contributed by atoms with Crippen LogP contribution in [-0.4, -0.2) is 53.8 Å². The first-order valence-electron chi connectivity index (χ1n) is 7.30. The highest BCUT2D eigenvalue weighted by molar-refractivity contribution is 5.82. The maximum absolute atomic E-state index is 12.6. The minimum absolute atomic E-state index is 0.0248. The minimum atomic E-state index is -0.0248. The van der Waals surface area contributed by atoms with Crippen LogP contribution >= 0.6 is 0 Å². The number of nitrogens with zero attached hydrogens (tertiary/aromatic N) is 2. The van der Waals surface area contributed by atoms with Gasteiger partial charge < -0.3 is 15.5 Å². The Morgan fingerprint density at radius 2 is 2.00 bits per heavy atom. The Morgan fingerprint density at radius 1 is 1.26 bits per heavy atom. The lowest BCUT2D eigenvalue weighted by atomic mass is 9.89. The third-order valence-corrected chi connectivity index (χ3v) is 4.62. The number of nitrogens with two attached hydrogens (primary N) is 1. The summed E-state index contributed by atoms with van der Waals surface area (Å²) in [6, 6.07) is 0.174. The smallest absolute Gasteiger partial charge is 0.227 e. The molecule has 2 heterocycles. The number of rotatable bonds is 2. The first-order chi connectivity index (χ1) is 9.04. The van der Waals surface area contributed by atoms with E-state index in [0.29, 0.717) is 25.6 Å². The predicted molar refractivity (Wildman–Crippen MR) is 73.3 cm³/mol. The normalized spacial score (nSPS) is 31.6. The van der Waals surface area contributed by atoms with Gasteiger partial charge in [0.05, 0.1) is 5.92 Å². The maximum atomic E-state index is 12.6. The van der Waals surface area contributed by atoms with Crippen molar-refractivity contribution in [1.82, 2.24) is 9.80 Å². The zero-order valence-corrected chi connectivity index (χ0v) is 12.0. The number of hydrogen-bond donors (Lipinski definition) is 1. The van der Waals surface area contributed by atoms with Crippen molar-refractivity contribution in [2.75, 3.05) is 26.2 Å². The molecule has 3 atom stereocenters. The van der Waals surface area contributed by atoms with E-state index in [0.717, 1.165) is 25.8 Å². The van der Waals surface area contributed by atoms with Crippen LogP contribution in [0.25, 0.3) is 0 Å². The van der Waals surface area contributed by atoms with Crippen LogP contribution < -0.4 is 5.73 Å². The van der Waals surface area contributed by atoms with Gasteiger partial charge in [-0.05, 0) is 25.2 Å². The van der Waals surface area contributed by atoms with E-state index in [1.165, 1.54) is 0 Å². The Labute approximate surface area is 115 Å². The Morgan fingerprint density at radius 3 is 2.58 bits per heavy atom. The summed E-state index contributed by atoms with van der Waals surface area (Å²) in [5.74, 6) is 0.722. The van der Waals surface area contributed by atoms with Crippen molar-refractivity contribution in [3.63, 3.8) is 0 Å². The van der Waals surface area contributed by atoms with E-state index in [9.17, 15) is 9.59 Å². The molecule has 2 amide bonds. The van der Waals surface area contributed by atoms with Crippen LogP contribution in [0, 0.1) is 11.8 Å². The van der Waals surface area contributed by atoms with Gasteiger partial charge in [0.1, 0.15) is 0 Å². The Kier molecular flexibility index (Phi) is 4.45. The van der Waals surface area contributed by atoms with E-state index in [1.807, 2.05) is 4.90 Å². The van der Waals surface area contributed by atoms with E-state index >= 15 is 0 Å². The van der Waals surface area contributed by atoms with Crippen LogP contribution in [0.1, 0.15) is 33.1 Å². The quantitative estimate of drug-likeness (QED) is 0.789. The molecule has 2 saturated heterocycles. The van der Waals surface area contributed by atoms with Crippen molar-refractivity contribution in [2.24, 2.45) is 17.6 Å². The van der Waals surface area contributed by atoms with Gasteiger partial charge in [-0.3, -0.25) is 9.59 Å². The Bertz CT molecular complexity index is 359. The van der Waals surface area contributed by atoms with Crippen LogP contribution in [0.2, 0.25) is 0 Å². The molecule has 2 N–H and O–H groups in total. The standard InChI is InChI=1S/C14H25N3O2/c1-10-4-3-6-17(13(10)8-15)14(19)12-5-7-16(9-12)11(2)18/h10,12-13H,3-9,15H2,1-2H3/t10-,12+,13+/m1/s1.